The zero-order valence-electron chi connectivity index (χ0n) is 20.3. The number of methoxy groups -OCH3 is 1. The van der Waals surface area contributed by atoms with E-state index in [-0.39, 0.29) is 5.97 Å². The number of hydrogen-bond acceptors (Lipinski definition) is 3. The summed E-state index contributed by atoms with van der Waals surface area (Å²) in [7, 11) is 1.44. The molecule has 0 aliphatic heterocycles. The first kappa shape index (κ1) is 25.1. The fourth-order valence-corrected chi connectivity index (χ4v) is 4.64. The van der Waals surface area contributed by atoms with Gasteiger partial charge in [-0.1, -0.05) is 81.0 Å². The van der Waals surface area contributed by atoms with Crippen LogP contribution in [0.25, 0.3) is 5.57 Å². The zero-order valence-corrected chi connectivity index (χ0v) is 20.3. The molecule has 3 rings (SSSR count). The third-order valence-corrected chi connectivity index (χ3v) is 6.61. The van der Waals surface area contributed by atoms with Gasteiger partial charge in [-0.2, -0.15) is 0 Å². The van der Waals surface area contributed by atoms with Crippen molar-refractivity contribution in [3.8, 4) is 5.75 Å². The zero-order chi connectivity index (χ0) is 23.1. The highest BCUT2D eigenvalue weighted by Gasteiger charge is 2.12. The Balaban J connectivity index is 1.67. The second-order valence-corrected chi connectivity index (χ2v) is 9.14. The van der Waals surface area contributed by atoms with Gasteiger partial charge in [0.15, 0.2) is 0 Å². The van der Waals surface area contributed by atoms with Gasteiger partial charge in [0, 0.05) is 6.42 Å². The molecule has 1 aliphatic carbocycles. The number of aryl methyl sites for hydroxylation is 1. The number of allylic oxidation sites excluding steroid dienone is 1. The van der Waals surface area contributed by atoms with Crippen LogP contribution in [0.3, 0.4) is 0 Å². The van der Waals surface area contributed by atoms with Crippen molar-refractivity contribution in [2.45, 2.75) is 83.5 Å². The fraction of sp³-hybridized carbons (Fsp3) is 0.500. The Labute approximate surface area is 200 Å². The van der Waals surface area contributed by atoms with Crippen molar-refractivity contribution in [2.24, 2.45) is 0 Å². The summed E-state index contributed by atoms with van der Waals surface area (Å²) in [6.07, 6.45) is 15.0. The Morgan fingerprint density at radius 2 is 1.42 bits per heavy atom. The van der Waals surface area contributed by atoms with Gasteiger partial charge >= 0.3 is 5.97 Å². The summed E-state index contributed by atoms with van der Waals surface area (Å²) >= 11 is 0. The van der Waals surface area contributed by atoms with Crippen molar-refractivity contribution >= 4 is 11.5 Å². The third kappa shape index (κ3) is 9.07. The maximum absolute atomic E-state index is 11.3. The molecule has 0 saturated carbocycles. The van der Waals surface area contributed by atoms with Gasteiger partial charge in [0.1, 0.15) is 12.4 Å². The molecule has 3 nitrogen and oxygen atoms in total. The van der Waals surface area contributed by atoms with Crippen LogP contribution in [0.4, 0.5) is 0 Å². The van der Waals surface area contributed by atoms with Gasteiger partial charge in [-0.15, -0.1) is 0 Å². The van der Waals surface area contributed by atoms with E-state index >= 15 is 0 Å². The van der Waals surface area contributed by atoms with E-state index in [2.05, 4.69) is 54.6 Å². The van der Waals surface area contributed by atoms with Crippen molar-refractivity contribution in [3.63, 3.8) is 0 Å². The van der Waals surface area contributed by atoms with Crippen molar-refractivity contribution < 1.29 is 14.3 Å². The minimum atomic E-state index is -0.144. The summed E-state index contributed by atoms with van der Waals surface area (Å²) in [5.41, 5.74) is 5.54. The second kappa shape index (κ2) is 14.6. The lowest BCUT2D eigenvalue weighted by Crippen LogP contribution is -2.06. The van der Waals surface area contributed by atoms with Crippen LogP contribution in [0.2, 0.25) is 0 Å². The minimum absolute atomic E-state index is 0.144. The summed E-state index contributed by atoms with van der Waals surface area (Å²) in [6.45, 7) is 0.659. The van der Waals surface area contributed by atoms with E-state index in [0.717, 1.165) is 31.4 Å². The molecule has 0 heterocycles. The molecule has 0 saturated heterocycles. The maximum atomic E-state index is 11.3. The number of hydrogen-bond donors (Lipinski definition) is 0. The van der Waals surface area contributed by atoms with E-state index in [1.165, 1.54) is 80.7 Å². The smallest absolute Gasteiger partial charge is 0.305 e. The average Bonchev–Trinajstić information content (AvgIpc) is 2.85. The Bertz CT molecular complexity index is 852. The van der Waals surface area contributed by atoms with Gasteiger partial charge in [-0.3, -0.25) is 4.79 Å². The van der Waals surface area contributed by atoms with Crippen LogP contribution in [0.1, 0.15) is 88.2 Å². The summed E-state index contributed by atoms with van der Waals surface area (Å²) in [5.74, 6) is 0.771. The van der Waals surface area contributed by atoms with Crippen molar-refractivity contribution in [3.05, 3.63) is 71.3 Å². The van der Waals surface area contributed by atoms with Gasteiger partial charge in [0.2, 0.25) is 0 Å². The number of carbonyl (C=O) groups excluding carboxylic acids is 1. The molecule has 0 aromatic heterocycles. The van der Waals surface area contributed by atoms with Crippen LogP contribution >= 0.6 is 0 Å². The Morgan fingerprint density at radius 1 is 0.788 bits per heavy atom. The quantitative estimate of drug-likeness (QED) is 0.385. The lowest BCUT2D eigenvalue weighted by Gasteiger charge is -2.18. The molecule has 0 atom stereocenters. The standard InChI is InChI=1S/C30H40O3/c1-32-30(31)19-13-14-25-20-22-28(23-21-25)33-24-27-17-9-6-4-2-3-5-7-12-18-29(27)26-15-10-8-11-16-26/h8,10-11,15-16,20-23H,2-7,9,12-14,17-19,24H2,1H3/b29-27-. The Kier molecular flexibility index (Phi) is 11.1. The van der Waals surface area contributed by atoms with Crippen LogP contribution in [0, 0.1) is 0 Å². The molecule has 2 aromatic carbocycles. The molecular formula is C30H40O3. The number of esters is 1. The largest absolute Gasteiger partial charge is 0.489 e. The van der Waals surface area contributed by atoms with E-state index < -0.39 is 0 Å². The molecule has 0 bridgehead atoms. The second-order valence-electron chi connectivity index (χ2n) is 9.14. The topological polar surface area (TPSA) is 35.5 Å². The predicted octanol–water partition coefficient (Wildman–Crippen LogP) is 7.93. The molecular weight excluding hydrogens is 408 g/mol. The minimum Gasteiger partial charge on any atom is -0.489 e. The van der Waals surface area contributed by atoms with Crippen LogP contribution in [0.15, 0.2) is 60.2 Å². The van der Waals surface area contributed by atoms with Gasteiger partial charge in [-0.05, 0) is 72.9 Å². The van der Waals surface area contributed by atoms with Crippen molar-refractivity contribution in [1.82, 2.24) is 0 Å². The number of ether oxygens (including phenoxy) is 2. The molecule has 0 amide bonds. The van der Waals surface area contributed by atoms with E-state index in [4.69, 9.17) is 9.47 Å². The first-order valence-electron chi connectivity index (χ1n) is 12.8. The summed E-state index contributed by atoms with van der Waals surface area (Å²) < 4.78 is 11.0. The fourth-order valence-electron chi connectivity index (χ4n) is 4.64. The normalized spacial score (nSPS) is 18.1. The Hall–Kier alpha value is -2.55. The van der Waals surface area contributed by atoms with Crippen LogP contribution in [0.5, 0.6) is 5.75 Å². The highest BCUT2D eigenvalue weighted by atomic mass is 16.5. The first-order valence-corrected chi connectivity index (χ1v) is 12.8. The van der Waals surface area contributed by atoms with E-state index in [0.29, 0.717) is 13.0 Å². The third-order valence-electron chi connectivity index (χ3n) is 6.61. The SMILES string of the molecule is COC(=O)CCCc1ccc(OC/C2=C(\c3ccccc3)CCCCCCCCCC2)cc1. The molecule has 0 unspecified atom stereocenters. The number of rotatable bonds is 8. The highest BCUT2D eigenvalue weighted by Crippen LogP contribution is 2.30. The predicted molar refractivity (Wildman–Crippen MR) is 136 cm³/mol. The molecule has 1 aliphatic rings. The van der Waals surface area contributed by atoms with Crippen LogP contribution in [-0.2, 0) is 16.0 Å². The van der Waals surface area contributed by atoms with Gasteiger partial charge in [0.25, 0.3) is 0 Å². The van der Waals surface area contributed by atoms with E-state index in [1.54, 1.807) is 0 Å². The van der Waals surface area contributed by atoms with E-state index in [1.807, 2.05) is 0 Å². The van der Waals surface area contributed by atoms with Gasteiger partial charge in [0.05, 0.1) is 7.11 Å². The maximum Gasteiger partial charge on any atom is 0.305 e. The van der Waals surface area contributed by atoms with Crippen LogP contribution < -0.4 is 4.74 Å². The lowest BCUT2D eigenvalue weighted by molar-refractivity contribution is -0.140. The van der Waals surface area contributed by atoms with Crippen LogP contribution in [-0.4, -0.2) is 19.7 Å². The average molecular weight is 449 g/mol. The molecule has 33 heavy (non-hydrogen) atoms. The van der Waals surface area contributed by atoms with Gasteiger partial charge in [-0.25, -0.2) is 0 Å². The molecule has 3 heteroatoms. The molecule has 178 valence electrons. The monoisotopic (exact) mass is 448 g/mol. The summed E-state index contributed by atoms with van der Waals surface area (Å²) in [6, 6.07) is 19.3. The summed E-state index contributed by atoms with van der Waals surface area (Å²) in [5, 5.41) is 0. The van der Waals surface area contributed by atoms with Gasteiger partial charge < -0.3 is 9.47 Å². The Morgan fingerprint density at radius 3 is 2.09 bits per heavy atom. The molecule has 0 fully saturated rings. The highest BCUT2D eigenvalue weighted by molar-refractivity contribution is 5.69. The van der Waals surface area contributed by atoms with Crippen molar-refractivity contribution in [1.29, 1.82) is 0 Å². The first-order chi connectivity index (χ1) is 16.3. The molecule has 0 radical (unpaired) electrons. The number of benzene rings is 2. The molecule has 0 spiro atoms. The molecule has 0 N–H and O–H groups in total. The van der Waals surface area contributed by atoms with Crippen molar-refractivity contribution in [2.75, 3.05) is 13.7 Å². The lowest BCUT2D eigenvalue weighted by atomic mass is 9.91. The van der Waals surface area contributed by atoms with E-state index in [9.17, 15) is 4.79 Å². The number of carbonyl (C=O) groups is 1. The molecule has 2 aromatic rings. The summed E-state index contributed by atoms with van der Waals surface area (Å²) in [4.78, 5) is 11.3.